The lowest BCUT2D eigenvalue weighted by molar-refractivity contribution is -0.147. The van der Waals surface area contributed by atoms with E-state index in [-0.39, 0.29) is 11.5 Å². The van der Waals surface area contributed by atoms with Crippen molar-refractivity contribution in [1.82, 2.24) is 10.6 Å². The molecule has 1 aliphatic carbocycles. The molecule has 1 aliphatic heterocycles. The maximum absolute atomic E-state index is 11.8. The van der Waals surface area contributed by atoms with Gasteiger partial charge in [-0.1, -0.05) is 6.92 Å². The summed E-state index contributed by atoms with van der Waals surface area (Å²) in [5.41, 5.74) is -0.341. The van der Waals surface area contributed by atoms with Crippen LogP contribution in [0.2, 0.25) is 0 Å². The number of piperidine rings is 1. The predicted octanol–water partition coefficient (Wildman–Crippen LogP) is 0.670. The zero-order valence-corrected chi connectivity index (χ0v) is 10.2. The van der Waals surface area contributed by atoms with E-state index in [2.05, 4.69) is 17.6 Å². The summed E-state index contributed by atoms with van der Waals surface area (Å²) in [4.78, 5) is 11.8. The number of carbonyl (C=O) groups is 1. The average Bonchev–Trinajstić information content (AvgIpc) is 3.03. The van der Waals surface area contributed by atoms with Gasteiger partial charge >= 0.3 is 5.97 Å². The third-order valence-electron chi connectivity index (χ3n) is 3.66. The molecule has 16 heavy (non-hydrogen) atoms. The van der Waals surface area contributed by atoms with Gasteiger partial charge < -0.3 is 10.1 Å². The molecule has 92 valence electrons. The average molecular weight is 226 g/mol. The number of esters is 1. The molecule has 2 rings (SSSR count). The van der Waals surface area contributed by atoms with Crippen molar-refractivity contribution in [3.05, 3.63) is 0 Å². The molecule has 4 heteroatoms. The number of carbonyl (C=O) groups excluding carboxylic acids is 1. The lowest BCUT2D eigenvalue weighted by atomic mass is 9.94. The zero-order valence-electron chi connectivity index (χ0n) is 10.2. The molecule has 0 aromatic heterocycles. The van der Waals surface area contributed by atoms with Gasteiger partial charge in [-0.15, -0.1) is 0 Å². The maximum Gasteiger partial charge on any atom is 0.326 e. The SMILES string of the molecule is CCOC(=O)C1(NC2CCNCC2C)CC1. The fraction of sp³-hybridized carbons (Fsp3) is 0.917. The van der Waals surface area contributed by atoms with E-state index in [1.165, 1.54) is 0 Å². The van der Waals surface area contributed by atoms with Crippen LogP contribution >= 0.6 is 0 Å². The molecule has 0 radical (unpaired) electrons. The summed E-state index contributed by atoms with van der Waals surface area (Å²) in [7, 11) is 0. The molecule has 2 unspecified atom stereocenters. The van der Waals surface area contributed by atoms with Crippen LogP contribution in [0.5, 0.6) is 0 Å². The van der Waals surface area contributed by atoms with Crippen LogP contribution in [0.1, 0.15) is 33.1 Å². The Hall–Kier alpha value is -0.610. The number of hydrogen-bond donors (Lipinski definition) is 2. The van der Waals surface area contributed by atoms with Crippen LogP contribution in [-0.4, -0.2) is 37.2 Å². The molecule has 2 aliphatic rings. The molecular weight excluding hydrogens is 204 g/mol. The minimum Gasteiger partial charge on any atom is -0.465 e. The summed E-state index contributed by atoms with van der Waals surface area (Å²) in [6.07, 6.45) is 2.97. The summed E-state index contributed by atoms with van der Waals surface area (Å²) in [6, 6.07) is 0.452. The first-order valence-electron chi connectivity index (χ1n) is 6.33. The highest BCUT2D eigenvalue weighted by atomic mass is 16.5. The van der Waals surface area contributed by atoms with E-state index in [1.807, 2.05) is 6.92 Å². The summed E-state index contributed by atoms with van der Waals surface area (Å²) < 4.78 is 5.13. The molecule has 0 aromatic carbocycles. The van der Waals surface area contributed by atoms with Crippen LogP contribution < -0.4 is 10.6 Å². The first kappa shape index (κ1) is 11.9. The first-order chi connectivity index (χ1) is 7.68. The number of ether oxygens (including phenoxy) is 1. The van der Waals surface area contributed by atoms with Crippen molar-refractivity contribution in [2.45, 2.75) is 44.7 Å². The summed E-state index contributed by atoms with van der Waals surface area (Å²) in [5, 5.41) is 6.89. The standard InChI is InChI=1S/C12H22N2O2/c1-3-16-11(15)12(5-6-12)14-10-4-7-13-8-9(10)2/h9-10,13-14H,3-8H2,1-2H3. The van der Waals surface area contributed by atoms with Gasteiger partial charge in [0.15, 0.2) is 0 Å². The van der Waals surface area contributed by atoms with Crippen LogP contribution in [-0.2, 0) is 9.53 Å². The van der Waals surface area contributed by atoms with Gasteiger partial charge in [-0.05, 0) is 45.2 Å². The van der Waals surface area contributed by atoms with Crippen molar-refractivity contribution in [3.8, 4) is 0 Å². The van der Waals surface area contributed by atoms with E-state index in [0.29, 0.717) is 18.6 Å². The van der Waals surface area contributed by atoms with Gasteiger partial charge in [0.05, 0.1) is 6.61 Å². The second-order valence-corrected chi connectivity index (χ2v) is 5.02. The van der Waals surface area contributed by atoms with Crippen molar-refractivity contribution in [2.75, 3.05) is 19.7 Å². The Kier molecular flexibility index (Phi) is 3.50. The Morgan fingerprint density at radius 2 is 2.31 bits per heavy atom. The van der Waals surface area contributed by atoms with Gasteiger partial charge in [-0.2, -0.15) is 0 Å². The molecule has 0 amide bonds. The van der Waals surface area contributed by atoms with Gasteiger partial charge in [0, 0.05) is 6.04 Å². The number of nitrogens with one attached hydrogen (secondary N) is 2. The summed E-state index contributed by atoms with van der Waals surface area (Å²) >= 11 is 0. The monoisotopic (exact) mass is 226 g/mol. The van der Waals surface area contributed by atoms with Gasteiger partial charge in [0.1, 0.15) is 5.54 Å². The van der Waals surface area contributed by atoms with E-state index >= 15 is 0 Å². The van der Waals surface area contributed by atoms with Gasteiger partial charge in [-0.25, -0.2) is 0 Å². The molecule has 2 N–H and O–H groups in total. The van der Waals surface area contributed by atoms with E-state index in [4.69, 9.17) is 4.74 Å². The first-order valence-corrected chi connectivity index (χ1v) is 6.33. The maximum atomic E-state index is 11.8. The highest BCUT2D eigenvalue weighted by Crippen LogP contribution is 2.38. The van der Waals surface area contributed by atoms with E-state index in [0.717, 1.165) is 32.4 Å². The minimum absolute atomic E-state index is 0.0549. The van der Waals surface area contributed by atoms with Crippen LogP contribution in [0.3, 0.4) is 0 Å². The molecule has 1 heterocycles. The molecule has 2 atom stereocenters. The molecular formula is C12H22N2O2. The van der Waals surface area contributed by atoms with E-state index < -0.39 is 0 Å². The number of rotatable bonds is 4. The Labute approximate surface area is 97.1 Å². The second kappa shape index (κ2) is 4.72. The van der Waals surface area contributed by atoms with Crippen molar-refractivity contribution >= 4 is 5.97 Å². The number of hydrogen-bond acceptors (Lipinski definition) is 4. The van der Waals surface area contributed by atoms with Crippen LogP contribution in [0.25, 0.3) is 0 Å². The largest absolute Gasteiger partial charge is 0.465 e. The molecule has 1 saturated heterocycles. The molecule has 0 spiro atoms. The topological polar surface area (TPSA) is 50.4 Å². The quantitative estimate of drug-likeness (QED) is 0.692. The highest BCUT2D eigenvalue weighted by Gasteiger charge is 2.52. The van der Waals surface area contributed by atoms with Crippen molar-refractivity contribution in [2.24, 2.45) is 5.92 Å². The van der Waals surface area contributed by atoms with Gasteiger partial charge in [0.2, 0.25) is 0 Å². The fourth-order valence-electron chi connectivity index (χ4n) is 2.39. The van der Waals surface area contributed by atoms with Crippen LogP contribution in [0.15, 0.2) is 0 Å². The van der Waals surface area contributed by atoms with Crippen molar-refractivity contribution in [1.29, 1.82) is 0 Å². The third-order valence-corrected chi connectivity index (χ3v) is 3.66. The predicted molar refractivity (Wildman–Crippen MR) is 62.2 cm³/mol. The molecule has 1 saturated carbocycles. The van der Waals surface area contributed by atoms with E-state index in [9.17, 15) is 4.79 Å². The Balaban J connectivity index is 1.90. The highest BCUT2D eigenvalue weighted by molar-refractivity contribution is 5.84. The Bertz CT molecular complexity index is 264. The normalized spacial score (nSPS) is 32.1. The van der Waals surface area contributed by atoms with Gasteiger partial charge in [-0.3, -0.25) is 10.1 Å². The molecule has 0 aromatic rings. The summed E-state index contributed by atoms with van der Waals surface area (Å²) in [5.74, 6) is 0.529. The summed E-state index contributed by atoms with van der Waals surface area (Å²) in [6.45, 7) is 6.65. The Morgan fingerprint density at radius 1 is 1.56 bits per heavy atom. The lowest BCUT2D eigenvalue weighted by Gasteiger charge is -2.33. The minimum atomic E-state index is -0.341. The second-order valence-electron chi connectivity index (χ2n) is 5.02. The molecule has 4 nitrogen and oxygen atoms in total. The van der Waals surface area contributed by atoms with E-state index in [1.54, 1.807) is 0 Å². The van der Waals surface area contributed by atoms with Crippen LogP contribution in [0.4, 0.5) is 0 Å². The smallest absolute Gasteiger partial charge is 0.326 e. The van der Waals surface area contributed by atoms with Crippen LogP contribution in [0, 0.1) is 5.92 Å². The lowest BCUT2D eigenvalue weighted by Crippen LogP contribution is -2.53. The zero-order chi connectivity index (χ0) is 11.6. The van der Waals surface area contributed by atoms with Crippen molar-refractivity contribution < 1.29 is 9.53 Å². The molecule has 2 fully saturated rings. The molecule has 0 bridgehead atoms. The Morgan fingerprint density at radius 3 is 2.88 bits per heavy atom. The van der Waals surface area contributed by atoms with Crippen molar-refractivity contribution in [3.63, 3.8) is 0 Å². The third kappa shape index (κ3) is 2.38. The fourth-order valence-corrected chi connectivity index (χ4v) is 2.39. The van der Waals surface area contributed by atoms with Gasteiger partial charge in [0.25, 0.3) is 0 Å².